The highest BCUT2D eigenvalue weighted by atomic mass is 16.5. The maximum Gasteiger partial charge on any atom is 0.337 e. The first kappa shape index (κ1) is 12.9. The van der Waals surface area contributed by atoms with Gasteiger partial charge >= 0.3 is 5.97 Å². The van der Waals surface area contributed by atoms with Crippen molar-refractivity contribution in [2.75, 3.05) is 32.4 Å². The smallest absolute Gasteiger partial charge is 0.337 e. The van der Waals surface area contributed by atoms with E-state index in [1.807, 2.05) is 12.1 Å². The summed E-state index contributed by atoms with van der Waals surface area (Å²) in [6.45, 7) is 2.37. The number of nitrogens with one attached hydrogen (secondary N) is 1. The first-order valence-corrected chi connectivity index (χ1v) is 5.97. The van der Waals surface area contributed by atoms with E-state index >= 15 is 0 Å². The molecule has 5 nitrogen and oxygen atoms in total. The fourth-order valence-electron chi connectivity index (χ4n) is 2.04. The van der Waals surface area contributed by atoms with Crippen LogP contribution in [-0.4, -0.2) is 33.3 Å². The Morgan fingerprint density at radius 1 is 1.44 bits per heavy atom. The Kier molecular flexibility index (Phi) is 4.17. The van der Waals surface area contributed by atoms with E-state index in [-0.39, 0.29) is 5.97 Å². The third kappa shape index (κ3) is 2.63. The standard InChI is InChI=1S/C13H18N2O3/c1-17-7-3-6-15-12-8-10(13(16)18-2)4-5-11(12)9-14-15/h4-5,8,14H,3,6-7,9H2,1-2H3. The molecule has 1 N–H and O–H groups in total. The highest BCUT2D eigenvalue weighted by molar-refractivity contribution is 5.91. The number of benzene rings is 1. The predicted octanol–water partition coefficient (Wildman–Crippen LogP) is 1.33. The van der Waals surface area contributed by atoms with Gasteiger partial charge in [0, 0.05) is 26.8 Å². The molecule has 1 heterocycles. The number of hydrazine groups is 1. The van der Waals surface area contributed by atoms with Gasteiger partial charge in [-0.1, -0.05) is 6.07 Å². The van der Waals surface area contributed by atoms with Crippen molar-refractivity contribution < 1.29 is 14.3 Å². The number of esters is 1. The second kappa shape index (κ2) is 5.84. The lowest BCUT2D eigenvalue weighted by atomic mass is 10.1. The maximum absolute atomic E-state index is 11.5. The van der Waals surface area contributed by atoms with Crippen molar-refractivity contribution in [1.29, 1.82) is 0 Å². The molecular weight excluding hydrogens is 232 g/mol. The molecule has 98 valence electrons. The van der Waals surface area contributed by atoms with Gasteiger partial charge in [0.15, 0.2) is 0 Å². The van der Waals surface area contributed by atoms with E-state index in [2.05, 4.69) is 10.4 Å². The van der Waals surface area contributed by atoms with Crippen LogP contribution in [0.25, 0.3) is 0 Å². The van der Waals surface area contributed by atoms with Gasteiger partial charge in [-0.25, -0.2) is 10.2 Å². The minimum absolute atomic E-state index is 0.304. The Bertz CT molecular complexity index is 434. The van der Waals surface area contributed by atoms with Crippen molar-refractivity contribution in [3.8, 4) is 0 Å². The van der Waals surface area contributed by atoms with E-state index in [1.165, 1.54) is 12.7 Å². The molecule has 0 fully saturated rings. The molecule has 0 aliphatic carbocycles. The predicted molar refractivity (Wildman–Crippen MR) is 68.5 cm³/mol. The summed E-state index contributed by atoms with van der Waals surface area (Å²) in [5, 5.41) is 2.06. The van der Waals surface area contributed by atoms with Gasteiger partial charge < -0.3 is 14.5 Å². The largest absolute Gasteiger partial charge is 0.465 e. The summed E-state index contributed by atoms with van der Waals surface area (Å²) in [5.74, 6) is -0.304. The SMILES string of the molecule is COCCCN1NCc2ccc(C(=O)OC)cc21. The third-order valence-electron chi connectivity index (χ3n) is 2.99. The van der Waals surface area contributed by atoms with Crippen LogP contribution in [0, 0.1) is 0 Å². The van der Waals surface area contributed by atoms with Gasteiger partial charge in [0.2, 0.25) is 0 Å². The number of anilines is 1. The van der Waals surface area contributed by atoms with Crippen LogP contribution in [0.5, 0.6) is 0 Å². The summed E-state index contributed by atoms with van der Waals surface area (Å²) in [7, 11) is 3.09. The highest BCUT2D eigenvalue weighted by Crippen LogP contribution is 2.26. The lowest BCUT2D eigenvalue weighted by molar-refractivity contribution is 0.0601. The molecule has 1 aliphatic rings. The minimum atomic E-state index is -0.304. The van der Waals surface area contributed by atoms with Crippen LogP contribution in [0.3, 0.4) is 0 Å². The summed E-state index contributed by atoms with van der Waals surface area (Å²) >= 11 is 0. The third-order valence-corrected chi connectivity index (χ3v) is 2.99. The first-order valence-electron chi connectivity index (χ1n) is 5.97. The molecule has 1 aromatic carbocycles. The highest BCUT2D eigenvalue weighted by Gasteiger charge is 2.20. The van der Waals surface area contributed by atoms with Crippen molar-refractivity contribution in [2.45, 2.75) is 13.0 Å². The summed E-state index contributed by atoms with van der Waals surface area (Å²) in [4.78, 5) is 11.5. The summed E-state index contributed by atoms with van der Waals surface area (Å²) in [6, 6.07) is 5.63. The zero-order valence-corrected chi connectivity index (χ0v) is 10.7. The van der Waals surface area contributed by atoms with Gasteiger partial charge in [0.05, 0.1) is 18.4 Å². The van der Waals surface area contributed by atoms with Crippen molar-refractivity contribution >= 4 is 11.7 Å². The molecule has 0 saturated heterocycles. The van der Waals surface area contributed by atoms with Crippen LogP contribution >= 0.6 is 0 Å². The van der Waals surface area contributed by atoms with E-state index in [0.717, 1.165) is 31.8 Å². The normalized spacial score (nSPS) is 13.6. The Balaban J connectivity index is 2.12. The summed E-state index contributed by atoms with van der Waals surface area (Å²) < 4.78 is 9.77. The molecule has 1 aromatic rings. The summed E-state index contributed by atoms with van der Waals surface area (Å²) in [6.07, 6.45) is 0.936. The second-order valence-corrected chi connectivity index (χ2v) is 4.17. The molecule has 5 heteroatoms. The Morgan fingerprint density at radius 3 is 3.00 bits per heavy atom. The number of hydrogen-bond donors (Lipinski definition) is 1. The van der Waals surface area contributed by atoms with E-state index in [4.69, 9.17) is 9.47 Å². The molecule has 0 amide bonds. The lowest BCUT2D eigenvalue weighted by Gasteiger charge is -2.19. The Morgan fingerprint density at radius 2 is 2.28 bits per heavy atom. The quantitative estimate of drug-likeness (QED) is 0.631. The molecule has 0 bridgehead atoms. The van der Waals surface area contributed by atoms with Crippen LogP contribution in [0.4, 0.5) is 5.69 Å². The van der Waals surface area contributed by atoms with Gasteiger partial charge in [-0.15, -0.1) is 0 Å². The van der Waals surface area contributed by atoms with Crippen molar-refractivity contribution in [3.63, 3.8) is 0 Å². The number of methoxy groups -OCH3 is 2. The van der Waals surface area contributed by atoms with Gasteiger partial charge in [0.25, 0.3) is 0 Å². The van der Waals surface area contributed by atoms with E-state index in [1.54, 1.807) is 13.2 Å². The molecule has 0 aromatic heterocycles. The number of carbonyl (C=O) groups excluding carboxylic acids is 1. The maximum atomic E-state index is 11.5. The molecule has 0 unspecified atom stereocenters. The molecule has 18 heavy (non-hydrogen) atoms. The van der Waals surface area contributed by atoms with E-state index < -0.39 is 0 Å². The zero-order valence-electron chi connectivity index (χ0n) is 10.7. The van der Waals surface area contributed by atoms with Crippen molar-refractivity contribution in [2.24, 2.45) is 0 Å². The van der Waals surface area contributed by atoms with E-state index in [9.17, 15) is 4.79 Å². The average Bonchev–Trinajstić information content (AvgIpc) is 2.81. The second-order valence-electron chi connectivity index (χ2n) is 4.17. The zero-order chi connectivity index (χ0) is 13.0. The minimum Gasteiger partial charge on any atom is -0.465 e. The topological polar surface area (TPSA) is 50.8 Å². The number of hydrogen-bond acceptors (Lipinski definition) is 5. The van der Waals surface area contributed by atoms with Gasteiger partial charge in [-0.2, -0.15) is 0 Å². The van der Waals surface area contributed by atoms with Crippen molar-refractivity contribution in [3.05, 3.63) is 29.3 Å². The fourth-order valence-corrected chi connectivity index (χ4v) is 2.04. The first-order chi connectivity index (χ1) is 8.76. The molecule has 1 aliphatic heterocycles. The van der Waals surface area contributed by atoms with Crippen molar-refractivity contribution in [1.82, 2.24) is 5.43 Å². The van der Waals surface area contributed by atoms with Gasteiger partial charge in [0.1, 0.15) is 0 Å². The van der Waals surface area contributed by atoms with Crippen LogP contribution in [0.2, 0.25) is 0 Å². The number of rotatable bonds is 5. The molecule has 0 saturated carbocycles. The van der Waals surface area contributed by atoms with Gasteiger partial charge in [-0.05, 0) is 24.1 Å². The Hall–Kier alpha value is -1.59. The summed E-state index contributed by atoms with van der Waals surface area (Å²) in [5.41, 5.74) is 6.12. The molecule has 0 atom stereocenters. The lowest BCUT2D eigenvalue weighted by Crippen LogP contribution is -2.33. The fraction of sp³-hybridized carbons (Fsp3) is 0.462. The number of ether oxygens (including phenoxy) is 2. The molecular formula is C13H18N2O3. The Labute approximate surface area is 107 Å². The molecule has 0 spiro atoms. The van der Waals surface area contributed by atoms with Crippen LogP contribution in [0.1, 0.15) is 22.3 Å². The van der Waals surface area contributed by atoms with Gasteiger partial charge in [-0.3, -0.25) is 0 Å². The number of carbonyl (C=O) groups is 1. The van der Waals surface area contributed by atoms with E-state index in [0.29, 0.717) is 5.56 Å². The van der Waals surface area contributed by atoms with Crippen LogP contribution < -0.4 is 10.4 Å². The average molecular weight is 250 g/mol. The number of nitrogens with zero attached hydrogens (tertiary/aromatic N) is 1. The molecule has 2 rings (SSSR count). The monoisotopic (exact) mass is 250 g/mol. The van der Waals surface area contributed by atoms with Crippen LogP contribution in [-0.2, 0) is 16.0 Å². The van der Waals surface area contributed by atoms with Crippen LogP contribution in [0.15, 0.2) is 18.2 Å². The molecule has 0 radical (unpaired) electrons. The number of fused-ring (bicyclic) bond motifs is 1.